The van der Waals surface area contributed by atoms with Crippen LogP contribution >= 0.6 is 0 Å². The van der Waals surface area contributed by atoms with Crippen molar-refractivity contribution >= 4 is 23.2 Å². The number of carbonyl (C=O) groups excluding carboxylic acids is 2. The predicted octanol–water partition coefficient (Wildman–Crippen LogP) is 1.38. The van der Waals surface area contributed by atoms with Gasteiger partial charge in [-0.25, -0.2) is 0 Å². The maximum Gasteiger partial charge on any atom is 0.238 e. The normalized spacial score (nSPS) is 22.1. The van der Waals surface area contributed by atoms with Gasteiger partial charge in [-0.2, -0.15) is 0 Å². The molecule has 3 N–H and O–H groups in total. The van der Waals surface area contributed by atoms with E-state index in [0.29, 0.717) is 18.7 Å². The lowest BCUT2D eigenvalue weighted by atomic mass is 9.76. The van der Waals surface area contributed by atoms with Gasteiger partial charge in [0, 0.05) is 37.2 Å². The fourth-order valence-corrected chi connectivity index (χ4v) is 4.44. The maximum absolute atomic E-state index is 12.7. The number of likely N-dealkylation sites (tertiary alicyclic amines) is 1. The number of ether oxygens (including phenoxy) is 1. The number of nitrogens with one attached hydrogen (secondary N) is 1. The van der Waals surface area contributed by atoms with Crippen LogP contribution in [0.15, 0.2) is 48.7 Å². The molecular weight excluding hydrogens is 394 g/mol. The number of aromatic nitrogens is 1. The summed E-state index contributed by atoms with van der Waals surface area (Å²) >= 11 is 0. The molecule has 2 aliphatic rings. The van der Waals surface area contributed by atoms with Gasteiger partial charge in [0.2, 0.25) is 11.8 Å². The quantitative estimate of drug-likeness (QED) is 0.728. The summed E-state index contributed by atoms with van der Waals surface area (Å²) < 4.78 is 5.39. The van der Waals surface area contributed by atoms with Crippen molar-refractivity contribution in [1.29, 1.82) is 0 Å². The maximum atomic E-state index is 12.7. The Hall–Kier alpha value is -2.97. The molecule has 0 saturated carbocycles. The zero-order valence-corrected chi connectivity index (χ0v) is 17.6. The van der Waals surface area contributed by atoms with Crippen LogP contribution in [0.2, 0.25) is 0 Å². The monoisotopic (exact) mass is 423 g/mol. The second-order valence-corrected chi connectivity index (χ2v) is 8.17. The molecule has 31 heavy (non-hydrogen) atoms. The Labute approximate surface area is 182 Å². The largest absolute Gasteiger partial charge is 0.378 e. The van der Waals surface area contributed by atoms with Gasteiger partial charge in [-0.15, -0.1) is 0 Å². The topological polar surface area (TPSA) is 101 Å². The van der Waals surface area contributed by atoms with Crippen LogP contribution in [-0.4, -0.2) is 67.6 Å². The number of amides is 2. The van der Waals surface area contributed by atoms with Gasteiger partial charge >= 0.3 is 0 Å². The average Bonchev–Trinajstić information content (AvgIpc) is 2.80. The van der Waals surface area contributed by atoms with Crippen molar-refractivity contribution in [3.63, 3.8) is 0 Å². The summed E-state index contributed by atoms with van der Waals surface area (Å²) in [5, 5.41) is 2.96. The van der Waals surface area contributed by atoms with Gasteiger partial charge in [0.05, 0.1) is 25.5 Å². The van der Waals surface area contributed by atoms with E-state index in [1.54, 1.807) is 6.20 Å². The number of anilines is 2. The molecule has 2 amide bonds. The molecule has 1 aromatic carbocycles. The average molecular weight is 424 g/mol. The Morgan fingerprint density at radius 1 is 1.10 bits per heavy atom. The number of nitrogens with zero attached hydrogens (tertiary/aromatic N) is 3. The summed E-state index contributed by atoms with van der Waals surface area (Å²) in [5.41, 5.74) is 7.50. The van der Waals surface area contributed by atoms with Gasteiger partial charge in [-0.3, -0.25) is 19.5 Å². The molecule has 2 saturated heterocycles. The first-order valence-electron chi connectivity index (χ1n) is 10.7. The lowest BCUT2D eigenvalue weighted by molar-refractivity contribution is -0.127. The van der Waals surface area contributed by atoms with Gasteiger partial charge < -0.3 is 20.7 Å². The third-order valence-electron chi connectivity index (χ3n) is 6.09. The second kappa shape index (κ2) is 9.45. The van der Waals surface area contributed by atoms with Crippen LogP contribution in [0.3, 0.4) is 0 Å². The molecule has 2 aliphatic heterocycles. The SMILES string of the molecule is NC(=O)[C@@]1(c2ccccn2)CCCN(CC(=O)Nc2ccc(N3CCOCC3)cc2)C1. The van der Waals surface area contributed by atoms with Crippen molar-refractivity contribution in [3.8, 4) is 0 Å². The van der Waals surface area contributed by atoms with Crippen molar-refractivity contribution in [2.45, 2.75) is 18.3 Å². The van der Waals surface area contributed by atoms with Crippen molar-refractivity contribution < 1.29 is 14.3 Å². The van der Waals surface area contributed by atoms with Gasteiger partial charge in [0.15, 0.2) is 0 Å². The highest BCUT2D eigenvalue weighted by atomic mass is 16.5. The van der Waals surface area contributed by atoms with Crippen LogP contribution in [-0.2, 0) is 19.7 Å². The number of piperidine rings is 1. The van der Waals surface area contributed by atoms with Gasteiger partial charge in [0.25, 0.3) is 0 Å². The number of pyridine rings is 1. The fraction of sp³-hybridized carbons (Fsp3) is 0.435. The second-order valence-electron chi connectivity index (χ2n) is 8.17. The molecule has 3 heterocycles. The molecule has 2 fully saturated rings. The van der Waals surface area contributed by atoms with Crippen LogP contribution in [0.4, 0.5) is 11.4 Å². The van der Waals surface area contributed by atoms with Gasteiger partial charge in [-0.05, 0) is 55.8 Å². The third-order valence-corrected chi connectivity index (χ3v) is 6.09. The van der Waals surface area contributed by atoms with Crippen LogP contribution in [0.5, 0.6) is 0 Å². The standard InChI is InChI=1S/C23H29N5O3/c24-22(30)23(20-4-1-2-10-25-20)9-3-11-27(17-23)16-21(29)26-18-5-7-19(8-6-18)28-12-14-31-15-13-28/h1-2,4-8,10H,3,9,11-17H2,(H2,24,30)(H,26,29)/t23-/m0/s1. The molecule has 8 heteroatoms. The zero-order chi connectivity index (χ0) is 21.7. The van der Waals surface area contributed by atoms with E-state index >= 15 is 0 Å². The summed E-state index contributed by atoms with van der Waals surface area (Å²) in [6.07, 6.45) is 3.09. The number of nitrogens with two attached hydrogens (primary N) is 1. The summed E-state index contributed by atoms with van der Waals surface area (Å²) in [6, 6.07) is 13.4. The third kappa shape index (κ3) is 4.86. The smallest absolute Gasteiger partial charge is 0.238 e. The molecular formula is C23H29N5O3. The van der Waals surface area contributed by atoms with E-state index < -0.39 is 11.3 Å². The number of hydrogen-bond acceptors (Lipinski definition) is 6. The van der Waals surface area contributed by atoms with Crippen LogP contribution < -0.4 is 16.0 Å². The first-order chi connectivity index (χ1) is 15.1. The molecule has 0 bridgehead atoms. The van der Waals surface area contributed by atoms with Crippen molar-refractivity contribution in [2.75, 3.05) is 56.2 Å². The Kier molecular flexibility index (Phi) is 6.48. The van der Waals surface area contributed by atoms with Gasteiger partial charge in [0.1, 0.15) is 5.41 Å². The minimum Gasteiger partial charge on any atom is -0.378 e. The number of hydrogen-bond donors (Lipinski definition) is 2. The van der Waals surface area contributed by atoms with Gasteiger partial charge in [-0.1, -0.05) is 6.07 Å². The Bertz CT molecular complexity index is 899. The van der Waals surface area contributed by atoms with Crippen molar-refractivity contribution in [1.82, 2.24) is 9.88 Å². The molecule has 164 valence electrons. The highest BCUT2D eigenvalue weighted by molar-refractivity contribution is 5.92. The number of primary amides is 1. The highest BCUT2D eigenvalue weighted by Crippen LogP contribution is 2.32. The summed E-state index contributed by atoms with van der Waals surface area (Å²) in [5.74, 6) is -0.504. The summed E-state index contributed by atoms with van der Waals surface area (Å²) in [4.78, 5) is 33.7. The molecule has 1 aromatic heterocycles. The Morgan fingerprint density at radius 2 is 1.87 bits per heavy atom. The summed E-state index contributed by atoms with van der Waals surface area (Å²) in [6.45, 7) is 4.55. The zero-order valence-electron chi connectivity index (χ0n) is 17.6. The molecule has 1 atom stereocenters. The van der Waals surface area contributed by atoms with E-state index in [-0.39, 0.29) is 12.5 Å². The number of morpholine rings is 1. The van der Waals surface area contributed by atoms with Crippen molar-refractivity contribution in [2.24, 2.45) is 5.73 Å². The Morgan fingerprint density at radius 3 is 2.55 bits per heavy atom. The molecule has 0 radical (unpaired) electrons. The minimum atomic E-state index is -0.862. The van der Waals surface area contributed by atoms with Crippen molar-refractivity contribution in [3.05, 3.63) is 54.4 Å². The first kappa shape index (κ1) is 21.3. The van der Waals surface area contributed by atoms with E-state index in [1.807, 2.05) is 47.4 Å². The lowest BCUT2D eigenvalue weighted by Crippen LogP contribution is -2.55. The number of rotatable bonds is 6. The van der Waals surface area contributed by atoms with Crippen LogP contribution in [0.1, 0.15) is 18.5 Å². The van der Waals surface area contributed by atoms with E-state index in [0.717, 1.165) is 50.6 Å². The van der Waals surface area contributed by atoms with Crippen LogP contribution in [0, 0.1) is 0 Å². The number of benzene rings is 1. The molecule has 4 rings (SSSR count). The summed E-state index contributed by atoms with van der Waals surface area (Å²) in [7, 11) is 0. The first-order valence-corrected chi connectivity index (χ1v) is 10.7. The molecule has 2 aromatic rings. The molecule has 0 spiro atoms. The Balaban J connectivity index is 1.37. The highest BCUT2D eigenvalue weighted by Gasteiger charge is 2.43. The number of carbonyl (C=O) groups is 2. The van der Waals surface area contributed by atoms with E-state index in [9.17, 15) is 9.59 Å². The van der Waals surface area contributed by atoms with E-state index in [2.05, 4.69) is 15.2 Å². The molecule has 0 unspecified atom stereocenters. The molecule has 8 nitrogen and oxygen atoms in total. The van der Waals surface area contributed by atoms with E-state index in [4.69, 9.17) is 10.5 Å². The van der Waals surface area contributed by atoms with Crippen LogP contribution in [0.25, 0.3) is 0 Å². The fourth-order valence-electron chi connectivity index (χ4n) is 4.44. The molecule has 0 aliphatic carbocycles. The minimum absolute atomic E-state index is 0.111. The lowest BCUT2D eigenvalue weighted by Gasteiger charge is -2.40. The van der Waals surface area contributed by atoms with E-state index in [1.165, 1.54) is 0 Å². The predicted molar refractivity (Wildman–Crippen MR) is 119 cm³/mol.